The lowest BCUT2D eigenvalue weighted by Gasteiger charge is -2.44. The van der Waals surface area contributed by atoms with Crippen molar-refractivity contribution in [2.24, 2.45) is 5.73 Å². The van der Waals surface area contributed by atoms with Crippen molar-refractivity contribution in [2.75, 3.05) is 4.90 Å². The summed E-state index contributed by atoms with van der Waals surface area (Å²) >= 11 is 0. The minimum Gasteiger partial charge on any atom is -0.464 e. The van der Waals surface area contributed by atoms with Crippen LogP contribution in [0.25, 0.3) is 0 Å². The molecule has 1 aliphatic heterocycles. The van der Waals surface area contributed by atoms with Crippen LogP contribution < -0.4 is 10.6 Å². The van der Waals surface area contributed by atoms with E-state index in [9.17, 15) is 4.79 Å². The minimum atomic E-state index is -0.518. The van der Waals surface area contributed by atoms with Crippen LogP contribution in [0.3, 0.4) is 0 Å². The number of rotatable bonds is 2. The van der Waals surface area contributed by atoms with E-state index in [-0.39, 0.29) is 11.9 Å². The highest BCUT2D eigenvalue weighted by molar-refractivity contribution is 6.05. The number of nitrogens with zero attached hydrogens (tertiary/aromatic N) is 1. The van der Waals surface area contributed by atoms with Crippen LogP contribution in [0.1, 0.15) is 17.6 Å². The molecule has 1 saturated heterocycles. The van der Waals surface area contributed by atoms with Crippen molar-refractivity contribution in [3.63, 3.8) is 0 Å². The number of aryl methyl sites for hydroxylation is 1. The van der Waals surface area contributed by atoms with Gasteiger partial charge in [-0.15, -0.1) is 0 Å². The van der Waals surface area contributed by atoms with Gasteiger partial charge in [0.1, 0.15) is 23.6 Å². The average molecular weight is 242 g/mol. The van der Waals surface area contributed by atoms with Gasteiger partial charge in [0.25, 0.3) is 0 Å². The SMILES string of the molecule is Cc1ccc([C@H]2[C@H](N)C(=O)N2c2ccccc2)o1. The molecule has 1 aromatic heterocycles. The smallest absolute Gasteiger partial charge is 0.247 e. The molecule has 0 spiro atoms. The monoisotopic (exact) mass is 242 g/mol. The zero-order valence-electron chi connectivity index (χ0n) is 10.0. The number of anilines is 1. The normalized spacial score (nSPS) is 23.0. The molecule has 4 heteroatoms. The van der Waals surface area contributed by atoms with Gasteiger partial charge in [-0.25, -0.2) is 0 Å². The Labute approximate surface area is 105 Å². The first kappa shape index (κ1) is 11.0. The lowest BCUT2D eigenvalue weighted by atomic mass is 9.92. The quantitative estimate of drug-likeness (QED) is 0.819. The molecule has 2 N–H and O–H groups in total. The second kappa shape index (κ2) is 3.99. The number of hydrogen-bond acceptors (Lipinski definition) is 3. The van der Waals surface area contributed by atoms with Crippen molar-refractivity contribution in [1.82, 2.24) is 0 Å². The number of hydrogen-bond donors (Lipinski definition) is 1. The highest BCUT2D eigenvalue weighted by atomic mass is 16.3. The molecular formula is C14H14N2O2. The first-order chi connectivity index (χ1) is 8.68. The van der Waals surface area contributed by atoms with Crippen LogP contribution in [0.2, 0.25) is 0 Å². The molecule has 0 aliphatic carbocycles. The van der Waals surface area contributed by atoms with Crippen molar-refractivity contribution in [3.8, 4) is 0 Å². The van der Waals surface area contributed by atoms with Gasteiger partial charge >= 0.3 is 0 Å². The molecule has 0 radical (unpaired) electrons. The third kappa shape index (κ3) is 1.54. The fraction of sp³-hybridized carbons (Fsp3) is 0.214. The fourth-order valence-corrected chi connectivity index (χ4v) is 2.30. The van der Waals surface area contributed by atoms with Crippen LogP contribution in [0.15, 0.2) is 46.9 Å². The largest absolute Gasteiger partial charge is 0.464 e. The predicted molar refractivity (Wildman–Crippen MR) is 68.1 cm³/mol. The highest BCUT2D eigenvalue weighted by Gasteiger charge is 2.48. The molecule has 0 saturated carbocycles. The van der Waals surface area contributed by atoms with E-state index >= 15 is 0 Å². The van der Waals surface area contributed by atoms with Crippen molar-refractivity contribution < 1.29 is 9.21 Å². The summed E-state index contributed by atoms with van der Waals surface area (Å²) in [6.45, 7) is 1.88. The fourth-order valence-electron chi connectivity index (χ4n) is 2.30. The van der Waals surface area contributed by atoms with E-state index in [1.165, 1.54) is 0 Å². The lowest BCUT2D eigenvalue weighted by molar-refractivity contribution is -0.126. The van der Waals surface area contributed by atoms with Gasteiger partial charge in [0, 0.05) is 5.69 Å². The summed E-state index contributed by atoms with van der Waals surface area (Å²) in [6.07, 6.45) is 0. The van der Waals surface area contributed by atoms with Crippen LogP contribution in [0.4, 0.5) is 5.69 Å². The number of furan rings is 1. The molecule has 18 heavy (non-hydrogen) atoms. The number of amides is 1. The van der Waals surface area contributed by atoms with Crippen molar-refractivity contribution >= 4 is 11.6 Å². The topological polar surface area (TPSA) is 59.5 Å². The molecule has 2 heterocycles. The number of benzene rings is 1. The second-order valence-corrected chi connectivity index (χ2v) is 4.46. The maximum atomic E-state index is 11.9. The lowest BCUT2D eigenvalue weighted by Crippen LogP contribution is -2.63. The molecular weight excluding hydrogens is 228 g/mol. The number of nitrogens with two attached hydrogens (primary N) is 1. The van der Waals surface area contributed by atoms with Gasteiger partial charge < -0.3 is 10.2 Å². The standard InChI is InChI=1S/C14H14N2O2/c1-9-7-8-11(18-9)13-12(15)14(17)16(13)10-5-3-2-4-6-10/h2-8,12-13H,15H2,1H3/t12-,13-/m0/s1. The van der Waals surface area contributed by atoms with E-state index in [4.69, 9.17) is 10.2 Å². The summed E-state index contributed by atoms with van der Waals surface area (Å²) in [5, 5.41) is 0. The summed E-state index contributed by atoms with van der Waals surface area (Å²) in [7, 11) is 0. The zero-order valence-corrected chi connectivity index (χ0v) is 10.0. The van der Waals surface area contributed by atoms with E-state index in [0.29, 0.717) is 0 Å². The summed E-state index contributed by atoms with van der Waals surface area (Å²) in [5.74, 6) is 1.49. The average Bonchev–Trinajstić information content (AvgIpc) is 2.81. The van der Waals surface area contributed by atoms with Crippen LogP contribution in [-0.4, -0.2) is 11.9 Å². The van der Waals surface area contributed by atoms with Gasteiger partial charge in [0.05, 0.1) is 0 Å². The molecule has 1 fully saturated rings. The number of carbonyl (C=O) groups excluding carboxylic acids is 1. The third-order valence-corrected chi connectivity index (χ3v) is 3.23. The molecule has 2 atom stereocenters. The van der Waals surface area contributed by atoms with Gasteiger partial charge in [0.2, 0.25) is 5.91 Å². The molecule has 2 aromatic rings. The first-order valence-corrected chi connectivity index (χ1v) is 5.88. The van der Waals surface area contributed by atoms with Gasteiger partial charge in [-0.05, 0) is 31.2 Å². The molecule has 1 aromatic carbocycles. The van der Waals surface area contributed by atoms with Crippen molar-refractivity contribution in [3.05, 3.63) is 54.0 Å². The number of para-hydroxylation sites is 1. The molecule has 3 rings (SSSR count). The zero-order chi connectivity index (χ0) is 12.7. The maximum absolute atomic E-state index is 11.9. The predicted octanol–water partition coefficient (Wildman–Crippen LogP) is 2.00. The Hall–Kier alpha value is -2.07. The van der Waals surface area contributed by atoms with E-state index in [1.54, 1.807) is 4.90 Å². The van der Waals surface area contributed by atoms with Crippen molar-refractivity contribution in [1.29, 1.82) is 0 Å². The summed E-state index contributed by atoms with van der Waals surface area (Å²) in [6, 6.07) is 12.5. The van der Waals surface area contributed by atoms with Crippen LogP contribution in [0, 0.1) is 6.92 Å². The van der Waals surface area contributed by atoms with E-state index in [1.807, 2.05) is 49.4 Å². The Balaban J connectivity index is 1.96. The van der Waals surface area contributed by atoms with Crippen LogP contribution >= 0.6 is 0 Å². The number of β-lactam (4-membered cyclic amide) rings is 1. The second-order valence-electron chi connectivity index (χ2n) is 4.46. The Morgan fingerprint density at radius 2 is 1.89 bits per heavy atom. The molecule has 92 valence electrons. The Morgan fingerprint density at radius 1 is 1.17 bits per heavy atom. The summed E-state index contributed by atoms with van der Waals surface area (Å²) < 4.78 is 5.58. The Bertz CT molecular complexity index is 576. The van der Waals surface area contributed by atoms with Crippen molar-refractivity contribution in [2.45, 2.75) is 19.0 Å². The summed E-state index contributed by atoms with van der Waals surface area (Å²) in [4.78, 5) is 13.6. The van der Waals surface area contributed by atoms with E-state index in [0.717, 1.165) is 17.2 Å². The Morgan fingerprint density at radius 3 is 2.50 bits per heavy atom. The first-order valence-electron chi connectivity index (χ1n) is 5.88. The summed E-state index contributed by atoms with van der Waals surface area (Å²) in [5.41, 5.74) is 6.73. The van der Waals surface area contributed by atoms with Crippen LogP contribution in [0.5, 0.6) is 0 Å². The maximum Gasteiger partial charge on any atom is 0.247 e. The third-order valence-electron chi connectivity index (χ3n) is 3.23. The van der Waals surface area contributed by atoms with E-state index < -0.39 is 6.04 Å². The number of carbonyl (C=O) groups is 1. The molecule has 1 aliphatic rings. The highest BCUT2D eigenvalue weighted by Crippen LogP contribution is 2.38. The molecule has 1 amide bonds. The molecule has 4 nitrogen and oxygen atoms in total. The Kier molecular flexibility index (Phi) is 2.45. The molecule has 0 bridgehead atoms. The van der Waals surface area contributed by atoms with Gasteiger partial charge in [-0.3, -0.25) is 9.69 Å². The van der Waals surface area contributed by atoms with Gasteiger partial charge in [-0.1, -0.05) is 18.2 Å². The van der Waals surface area contributed by atoms with Gasteiger partial charge in [-0.2, -0.15) is 0 Å². The minimum absolute atomic E-state index is 0.0692. The van der Waals surface area contributed by atoms with Crippen LogP contribution in [-0.2, 0) is 4.79 Å². The van der Waals surface area contributed by atoms with Gasteiger partial charge in [0.15, 0.2) is 0 Å². The van der Waals surface area contributed by atoms with E-state index in [2.05, 4.69) is 0 Å². The molecule has 0 unspecified atom stereocenters.